The third kappa shape index (κ3) is 4.57. The van der Waals surface area contributed by atoms with Gasteiger partial charge >= 0.3 is 0 Å². The smallest absolute Gasteiger partial charge is 0.239 e. The first-order valence-electron chi connectivity index (χ1n) is 7.29. The molecule has 5 heteroatoms. The maximum absolute atomic E-state index is 12.4. The van der Waals surface area contributed by atoms with E-state index in [1.165, 1.54) is 0 Å². The van der Waals surface area contributed by atoms with Gasteiger partial charge in [-0.1, -0.05) is 48.0 Å². The molecule has 0 aromatic heterocycles. The molecule has 0 bridgehead atoms. The number of halogens is 1. The number of anilines is 1. The van der Waals surface area contributed by atoms with Gasteiger partial charge in [0.05, 0.1) is 0 Å². The van der Waals surface area contributed by atoms with Crippen molar-refractivity contribution in [1.29, 1.82) is 0 Å². The normalized spacial score (nSPS) is 10.9. The van der Waals surface area contributed by atoms with Gasteiger partial charge in [-0.3, -0.25) is 9.59 Å². The second-order valence-corrected chi connectivity index (χ2v) is 6.19. The summed E-state index contributed by atoms with van der Waals surface area (Å²) in [5.41, 5.74) is 0.343. The first-order chi connectivity index (χ1) is 10.9. The van der Waals surface area contributed by atoms with Crippen molar-refractivity contribution in [2.24, 2.45) is 5.41 Å². The maximum atomic E-state index is 12.4. The average Bonchev–Trinajstić information content (AvgIpc) is 2.53. The van der Waals surface area contributed by atoms with E-state index in [-0.39, 0.29) is 11.8 Å². The van der Waals surface area contributed by atoms with E-state index in [1.54, 1.807) is 38.1 Å². The highest BCUT2D eigenvalue weighted by molar-refractivity contribution is 6.31. The van der Waals surface area contributed by atoms with E-state index in [0.29, 0.717) is 17.3 Å². The highest BCUT2D eigenvalue weighted by atomic mass is 35.5. The van der Waals surface area contributed by atoms with Crippen LogP contribution in [0.2, 0.25) is 5.02 Å². The van der Waals surface area contributed by atoms with Crippen molar-refractivity contribution in [3.63, 3.8) is 0 Å². The van der Waals surface area contributed by atoms with E-state index in [2.05, 4.69) is 10.6 Å². The van der Waals surface area contributed by atoms with Gasteiger partial charge in [0.1, 0.15) is 5.41 Å². The van der Waals surface area contributed by atoms with Crippen LogP contribution in [0.15, 0.2) is 54.6 Å². The van der Waals surface area contributed by atoms with Crippen molar-refractivity contribution >= 4 is 29.1 Å². The quantitative estimate of drug-likeness (QED) is 0.823. The molecule has 4 nitrogen and oxygen atoms in total. The van der Waals surface area contributed by atoms with E-state index >= 15 is 0 Å². The molecule has 0 fully saturated rings. The number of hydrogen-bond donors (Lipinski definition) is 2. The molecule has 0 aliphatic carbocycles. The monoisotopic (exact) mass is 330 g/mol. The van der Waals surface area contributed by atoms with Crippen molar-refractivity contribution in [3.05, 3.63) is 65.2 Å². The molecule has 120 valence electrons. The van der Waals surface area contributed by atoms with Crippen LogP contribution in [0.5, 0.6) is 0 Å². The van der Waals surface area contributed by atoms with E-state index in [9.17, 15) is 9.59 Å². The maximum Gasteiger partial charge on any atom is 0.239 e. The summed E-state index contributed by atoms with van der Waals surface area (Å²) < 4.78 is 0. The Morgan fingerprint density at radius 1 is 1.00 bits per heavy atom. The first-order valence-corrected chi connectivity index (χ1v) is 7.66. The fourth-order valence-electron chi connectivity index (χ4n) is 1.96. The number of benzene rings is 2. The Labute approximate surface area is 140 Å². The fourth-order valence-corrected chi connectivity index (χ4v) is 2.15. The zero-order chi connectivity index (χ0) is 16.9. The Morgan fingerprint density at radius 2 is 1.70 bits per heavy atom. The van der Waals surface area contributed by atoms with Gasteiger partial charge in [-0.2, -0.15) is 0 Å². The molecule has 23 heavy (non-hydrogen) atoms. The molecule has 2 rings (SSSR count). The molecule has 0 saturated heterocycles. The highest BCUT2D eigenvalue weighted by Crippen LogP contribution is 2.21. The minimum absolute atomic E-state index is 0.333. The van der Waals surface area contributed by atoms with Crippen LogP contribution in [0.3, 0.4) is 0 Å². The third-order valence-corrected chi connectivity index (χ3v) is 3.75. The summed E-state index contributed by atoms with van der Waals surface area (Å²) in [5, 5.41) is 6.03. The van der Waals surface area contributed by atoms with Crippen LogP contribution in [0.25, 0.3) is 0 Å². The molecule has 0 heterocycles. The molecule has 0 aliphatic rings. The molecule has 0 spiro atoms. The molecule has 0 radical (unpaired) electrons. The molecule has 2 aromatic rings. The van der Waals surface area contributed by atoms with Gasteiger partial charge < -0.3 is 10.6 Å². The summed E-state index contributed by atoms with van der Waals surface area (Å²) in [6.07, 6.45) is 0. The predicted molar refractivity (Wildman–Crippen MR) is 92.2 cm³/mol. The second-order valence-electron chi connectivity index (χ2n) is 5.76. The number of amides is 2. The first kappa shape index (κ1) is 17.0. The molecule has 2 aromatic carbocycles. The van der Waals surface area contributed by atoms with E-state index in [0.717, 1.165) is 5.56 Å². The topological polar surface area (TPSA) is 58.2 Å². The Morgan fingerprint density at radius 3 is 2.35 bits per heavy atom. The molecule has 0 aliphatic heterocycles. The van der Waals surface area contributed by atoms with Gasteiger partial charge in [0.2, 0.25) is 11.8 Å². The zero-order valence-electron chi connectivity index (χ0n) is 13.1. The van der Waals surface area contributed by atoms with Crippen LogP contribution in [-0.2, 0) is 16.1 Å². The Bertz CT molecular complexity index is 699. The predicted octanol–water partition coefficient (Wildman–Crippen LogP) is 3.62. The van der Waals surface area contributed by atoms with Crippen LogP contribution in [0, 0.1) is 5.41 Å². The number of carbonyl (C=O) groups excluding carboxylic acids is 2. The summed E-state index contributed by atoms with van der Waals surface area (Å²) in [5.74, 6) is -0.716. The lowest BCUT2D eigenvalue weighted by Gasteiger charge is -2.22. The van der Waals surface area contributed by atoms with Gasteiger partial charge in [-0.25, -0.2) is 0 Å². The molecular weight excluding hydrogens is 312 g/mol. The lowest BCUT2D eigenvalue weighted by atomic mass is 9.91. The molecule has 0 saturated carbocycles. The van der Waals surface area contributed by atoms with Crippen LogP contribution in [0.1, 0.15) is 19.4 Å². The molecule has 2 N–H and O–H groups in total. The number of nitrogens with one attached hydrogen (secondary N) is 2. The standard InChI is InChI=1S/C18H19ClN2O2/c1-18(2,16(22)20-12-13-7-4-3-5-8-13)17(23)21-15-10-6-9-14(19)11-15/h3-11H,12H2,1-2H3,(H,20,22)(H,21,23). The second kappa shape index (κ2) is 7.29. The van der Waals surface area contributed by atoms with Crippen LogP contribution in [0.4, 0.5) is 5.69 Å². The minimum atomic E-state index is -1.20. The lowest BCUT2D eigenvalue weighted by Crippen LogP contribution is -2.44. The summed E-state index contributed by atoms with van der Waals surface area (Å²) in [7, 11) is 0. The van der Waals surface area contributed by atoms with E-state index in [1.807, 2.05) is 30.3 Å². The number of hydrogen-bond acceptors (Lipinski definition) is 2. The SMILES string of the molecule is CC(C)(C(=O)NCc1ccccc1)C(=O)Nc1cccc(Cl)c1. The molecule has 0 atom stereocenters. The highest BCUT2D eigenvalue weighted by Gasteiger charge is 2.35. The van der Waals surface area contributed by atoms with Crippen molar-refractivity contribution in [1.82, 2.24) is 5.32 Å². The summed E-state index contributed by atoms with van der Waals surface area (Å²) in [6, 6.07) is 16.4. The van der Waals surface area contributed by atoms with Gasteiger partial charge in [0.25, 0.3) is 0 Å². The Kier molecular flexibility index (Phi) is 5.40. The number of rotatable bonds is 5. The minimum Gasteiger partial charge on any atom is -0.351 e. The lowest BCUT2D eigenvalue weighted by molar-refractivity contribution is -0.138. The van der Waals surface area contributed by atoms with Crippen molar-refractivity contribution in [2.75, 3.05) is 5.32 Å². The largest absolute Gasteiger partial charge is 0.351 e. The molecular formula is C18H19ClN2O2. The summed E-state index contributed by atoms with van der Waals surface area (Å²) in [6.45, 7) is 3.56. The fraction of sp³-hybridized carbons (Fsp3) is 0.222. The van der Waals surface area contributed by atoms with Crippen molar-refractivity contribution in [2.45, 2.75) is 20.4 Å². The van der Waals surface area contributed by atoms with Gasteiger partial charge in [0, 0.05) is 17.3 Å². The molecule has 0 unspecified atom stereocenters. The zero-order valence-corrected chi connectivity index (χ0v) is 13.9. The number of carbonyl (C=O) groups is 2. The van der Waals surface area contributed by atoms with Crippen molar-refractivity contribution in [3.8, 4) is 0 Å². The third-order valence-electron chi connectivity index (χ3n) is 3.51. The van der Waals surface area contributed by atoms with E-state index in [4.69, 9.17) is 11.6 Å². The van der Waals surface area contributed by atoms with Crippen LogP contribution in [-0.4, -0.2) is 11.8 Å². The van der Waals surface area contributed by atoms with E-state index < -0.39 is 5.41 Å². The Hall–Kier alpha value is -2.33. The van der Waals surface area contributed by atoms with Gasteiger partial charge in [-0.15, -0.1) is 0 Å². The van der Waals surface area contributed by atoms with Gasteiger partial charge in [0.15, 0.2) is 0 Å². The average molecular weight is 331 g/mol. The van der Waals surface area contributed by atoms with Gasteiger partial charge in [-0.05, 0) is 37.6 Å². The van der Waals surface area contributed by atoms with Crippen LogP contribution < -0.4 is 10.6 Å². The molecule has 2 amide bonds. The summed E-state index contributed by atoms with van der Waals surface area (Å²) in [4.78, 5) is 24.7. The Balaban J connectivity index is 1.98. The van der Waals surface area contributed by atoms with Crippen molar-refractivity contribution < 1.29 is 9.59 Å². The summed E-state index contributed by atoms with van der Waals surface area (Å²) >= 11 is 5.89. The van der Waals surface area contributed by atoms with Crippen LogP contribution >= 0.6 is 11.6 Å².